The second-order valence-electron chi connectivity index (χ2n) is 2.22. The molecule has 0 radical (unpaired) electrons. The number of aldehydes is 1. The summed E-state index contributed by atoms with van der Waals surface area (Å²) in [6.07, 6.45) is 1.64. The normalized spacial score (nSPS) is 9.42. The van der Waals surface area contributed by atoms with Crippen LogP contribution in [0.5, 0.6) is 0 Å². The fraction of sp³-hybridized carbons (Fsp3) is 0.800. The fourth-order valence-electron chi connectivity index (χ4n) is 0.192. The molecule has 1 N–H and O–H groups in total. The van der Waals surface area contributed by atoms with Crippen LogP contribution >= 0.6 is 0 Å². The molecular weight excluding hydrogens is 195 g/mol. The summed E-state index contributed by atoms with van der Waals surface area (Å²) in [6.45, 7) is 4.04. The number of hydrogen-bond acceptors (Lipinski definition) is 4. The van der Waals surface area contributed by atoms with E-state index < -0.39 is 10.4 Å². The standard InChI is InChI=1S/C5H10O.Na.H2O4S/c1-5(2)3-4-6;;1-5(2,3)4/h4-5H,3H2,1-2H3;;(H2,1,2,3,4)/q;+1;/p-1. The van der Waals surface area contributed by atoms with Gasteiger partial charge < -0.3 is 9.35 Å². The summed E-state index contributed by atoms with van der Waals surface area (Å²) in [4.78, 5) is 9.62. The molecule has 0 saturated heterocycles. The minimum atomic E-state index is -4.92. The molecule has 0 atom stereocenters. The summed E-state index contributed by atoms with van der Waals surface area (Å²) in [5, 5.41) is 0. The number of carbonyl (C=O) groups is 1. The molecule has 12 heavy (non-hydrogen) atoms. The SMILES string of the molecule is CC(C)CC=O.O=S(=O)([O-])O.[Na+]. The molecule has 0 amide bonds. The summed E-state index contributed by atoms with van der Waals surface area (Å²) in [7, 11) is -4.92. The van der Waals surface area contributed by atoms with Gasteiger partial charge in [0.15, 0.2) is 0 Å². The Morgan fingerprint density at radius 2 is 1.75 bits per heavy atom. The molecule has 0 aromatic carbocycles. The maximum absolute atomic E-state index is 9.62. The van der Waals surface area contributed by atoms with Gasteiger partial charge in [0.1, 0.15) is 6.29 Å². The van der Waals surface area contributed by atoms with Gasteiger partial charge in [0, 0.05) is 6.42 Å². The van der Waals surface area contributed by atoms with Crippen molar-refractivity contribution >= 4 is 16.7 Å². The van der Waals surface area contributed by atoms with Crippen molar-refractivity contribution in [2.75, 3.05) is 0 Å². The van der Waals surface area contributed by atoms with Crippen molar-refractivity contribution in [3.05, 3.63) is 0 Å². The van der Waals surface area contributed by atoms with E-state index >= 15 is 0 Å². The molecule has 0 aromatic rings. The third kappa shape index (κ3) is 76.5. The molecule has 0 saturated carbocycles. The number of carbonyl (C=O) groups excluding carboxylic acids is 1. The van der Waals surface area contributed by atoms with Crippen molar-refractivity contribution in [2.24, 2.45) is 5.92 Å². The van der Waals surface area contributed by atoms with Crippen LogP contribution in [-0.2, 0) is 15.2 Å². The second-order valence-corrected chi connectivity index (χ2v) is 3.08. The van der Waals surface area contributed by atoms with Crippen molar-refractivity contribution in [1.29, 1.82) is 0 Å². The van der Waals surface area contributed by atoms with Crippen LogP contribution in [0.4, 0.5) is 0 Å². The molecule has 0 rings (SSSR count). The first-order valence-corrected chi connectivity index (χ1v) is 4.25. The van der Waals surface area contributed by atoms with Crippen LogP contribution in [0, 0.1) is 5.92 Å². The van der Waals surface area contributed by atoms with Gasteiger partial charge in [-0.1, -0.05) is 13.8 Å². The maximum Gasteiger partial charge on any atom is 1.00 e. The van der Waals surface area contributed by atoms with Crippen molar-refractivity contribution in [1.82, 2.24) is 0 Å². The Balaban J connectivity index is -0.000000126. The van der Waals surface area contributed by atoms with Crippen LogP contribution < -0.4 is 29.6 Å². The minimum absolute atomic E-state index is 0. The van der Waals surface area contributed by atoms with Gasteiger partial charge in [-0.15, -0.1) is 0 Å². The molecule has 7 heteroatoms. The van der Waals surface area contributed by atoms with Gasteiger partial charge in [-0.25, -0.2) is 8.42 Å². The van der Waals surface area contributed by atoms with Crippen LogP contribution in [-0.4, -0.2) is 23.8 Å². The summed E-state index contributed by atoms with van der Waals surface area (Å²) in [5.41, 5.74) is 0. The predicted molar refractivity (Wildman–Crippen MR) is 37.8 cm³/mol. The summed E-state index contributed by atoms with van der Waals surface area (Å²) >= 11 is 0. The summed E-state index contributed by atoms with van der Waals surface area (Å²) in [5.74, 6) is 0.530. The molecule has 0 unspecified atom stereocenters. The van der Waals surface area contributed by atoms with Crippen LogP contribution in [0.3, 0.4) is 0 Å². The van der Waals surface area contributed by atoms with Gasteiger partial charge in [0.05, 0.1) is 0 Å². The molecule has 0 aliphatic heterocycles. The second kappa shape index (κ2) is 9.63. The molecule has 0 bridgehead atoms. The van der Waals surface area contributed by atoms with E-state index in [0.29, 0.717) is 12.3 Å². The summed E-state index contributed by atoms with van der Waals surface area (Å²) < 4.78 is 32.8. The Hall–Kier alpha value is 0.540. The van der Waals surface area contributed by atoms with Crippen molar-refractivity contribution in [3.63, 3.8) is 0 Å². The number of hydrogen-bond donors (Lipinski definition) is 1. The van der Waals surface area contributed by atoms with Crippen molar-refractivity contribution in [3.8, 4) is 0 Å². The molecule has 0 fully saturated rings. The van der Waals surface area contributed by atoms with Crippen LogP contribution in [0.15, 0.2) is 0 Å². The summed E-state index contributed by atoms with van der Waals surface area (Å²) in [6, 6.07) is 0. The molecule has 0 aliphatic carbocycles. The third-order valence-corrected chi connectivity index (χ3v) is 0.568. The first kappa shape index (κ1) is 18.3. The molecule has 0 heterocycles. The predicted octanol–water partition coefficient (Wildman–Crippen LogP) is -2.76. The zero-order valence-electron chi connectivity index (χ0n) is 7.35. The van der Waals surface area contributed by atoms with Crippen LogP contribution in [0.2, 0.25) is 0 Å². The van der Waals surface area contributed by atoms with E-state index in [1.807, 2.05) is 13.8 Å². The van der Waals surface area contributed by atoms with Gasteiger partial charge >= 0.3 is 29.6 Å². The Morgan fingerprint density at radius 1 is 1.50 bits per heavy atom. The zero-order chi connectivity index (χ0) is 9.49. The Labute approximate surface area is 94.4 Å². The topological polar surface area (TPSA) is 94.5 Å². The molecule has 0 spiro atoms. The smallest absolute Gasteiger partial charge is 0.726 e. The van der Waals surface area contributed by atoms with Crippen molar-refractivity contribution in [2.45, 2.75) is 20.3 Å². The average Bonchev–Trinajstić information content (AvgIpc) is 1.58. The van der Waals surface area contributed by atoms with E-state index in [1.165, 1.54) is 0 Å². The van der Waals surface area contributed by atoms with E-state index in [9.17, 15) is 4.79 Å². The van der Waals surface area contributed by atoms with Crippen LogP contribution in [0.25, 0.3) is 0 Å². The molecule has 5 nitrogen and oxygen atoms in total. The van der Waals surface area contributed by atoms with E-state index in [-0.39, 0.29) is 29.6 Å². The molecule has 68 valence electrons. The largest absolute Gasteiger partial charge is 1.00 e. The Kier molecular flexibility index (Phi) is 14.7. The van der Waals surface area contributed by atoms with E-state index in [4.69, 9.17) is 17.5 Å². The minimum Gasteiger partial charge on any atom is -0.726 e. The number of rotatable bonds is 2. The quantitative estimate of drug-likeness (QED) is 0.228. The molecule has 0 aliphatic rings. The Bertz CT molecular complexity index is 178. The molecule has 0 aromatic heterocycles. The van der Waals surface area contributed by atoms with Crippen LogP contribution in [0.1, 0.15) is 20.3 Å². The maximum atomic E-state index is 9.62. The van der Waals surface area contributed by atoms with E-state index in [0.717, 1.165) is 6.29 Å². The van der Waals surface area contributed by atoms with Gasteiger partial charge in [-0.05, 0) is 5.92 Å². The first-order valence-electron chi connectivity index (χ1n) is 2.89. The van der Waals surface area contributed by atoms with Gasteiger partial charge in [-0.2, -0.15) is 0 Å². The monoisotopic (exact) mass is 206 g/mol. The third-order valence-electron chi connectivity index (χ3n) is 0.568. The van der Waals surface area contributed by atoms with E-state index in [2.05, 4.69) is 0 Å². The fourth-order valence-corrected chi connectivity index (χ4v) is 0.192. The Morgan fingerprint density at radius 3 is 1.75 bits per heavy atom. The molecular formula is C5H11NaO5S. The average molecular weight is 206 g/mol. The first-order chi connectivity index (χ1) is 4.77. The zero-order valence-corrected chi connectivity index (χ0v) is 10.2. The van der Waals surface area contributed by atoms with Crippen molar-refractivity contribution < 1.29 is 51.9 Å². The van der Waals surface area contributed by atoms with Gasteiger partial charge in [-0.3, -0.25) is 4.55 Å². The van der Waals surface area contributed by atoms with Gasteiger partial charge in [0.25, 0.3) is 0 Å². The van der Waals surface area contributed by atoms with E-state index in [1.54, 1.807) is 0 Å². The van der Waals surface area contributed by atoms with Gasteiger partial charge in [0.2, 0.25) is 10.4 Å².